The number of nitrogens with zero attached hydrogens (tertiary/aromatic N) is 1. The Bertz CT molecular complexity index is 1050. The molecule has 7 nitrogen and oxygen atoms in total. The molecule has 7 heteroatoms. The highest BCUT2D eigenvalue weighted by Gasteiger charge is 2.19. The Morgan fingerprint density at radius 3 is 2.55 bits per heavy atom. The lowest BCUT2D eigenvalue weighted by atomic mass is 10.0. The van der Waals surface area contributed by atoms with E-state index in [0.29, 0.717) is 18.8 Å². The monoisotopic (exact) mass is 423 g/mol. The van der Waals surface area contributed by atoms with Crippen LogP contribution in [0.15, 0.2) is 47.0 Å². The predicted octanol–water partition coefficient (Wildman–Crippen LogP) is 3.88. The van der Waals surface area contributed by atoms with Crippen molar-refractivity contribution < 1.29 is 18.8 Å². The Morgan fingerprint density at radius 2 is 1.87 bits per heavy atom. The lowest BCUT2D eigenvalue weighted by molar-refractivity contribution is 0.0926. The largest absolute Gasteiger partial charge is 0.497 e. The number of benzene rings is 2. The van der Waals surface area contributed by atoms with Crippen LogP contribution in [-0.4, -0.2) is 31.8 Å². The molecule has 0 aliphatic rings. The highest BCUT2D eigenvalue weighted by atomic mass is 16.5. The standard InChI is InChI=1S/C24H29N3O4/c1-15-10-23(30-5)16(2)9-19(15)13-25-14-22(18-7-6-8-20(12-18)29-4)26-24(28)21-11-17(3)31-27-21/h6-12,22,25H,13-14H2,1-5H3,(H,26,28). The third-order valence-electron chi connectivity index (χ3n) is 5.18. The van der Waals surface area contributed by atoms with E-state index >= 15 is 0 Å². The van der Waals surface area contributed by atoms with Crippen LogP contribution in [0.4, 0.5) is 0 Å². The van der Waals surface area contributed by atoms with Gasteiger partial charge in [0.1, 0.15) is 17.3 Å². The zero-order chi connectivity index (χ0) is 22.4. The van der Waals surface area contributed by atoms with E-state index in [1.807, 2.05) is 37.3 Å². The predicted molar refractivity (Wildman–Crippen MR) is 119 cm³/mol. The number of methoxy groups -OCH3 is 2. The van der Waals surface area contributed by atoms with E-state index in [1.165, 1.54) is 5.56 Å². The maximum absolute atomic E-state index is 12.7. The van der Waals surface area contributed by atoms with Gasteiger partial charge >= 0.3 is 0 Å². The molecule has 3 aromatic rings. The normalized spacial score (nSPS) is 11.8. The first kappa shape index (κ1) is 22.4. The van der Waals surface area contributed by atoms with Crippen LogP contribution in [0, 0.1) is 20.8 Å². The van der Waals surface area contributed by atoms with Gasteiger partial charge in [-0.25, -0.2) is 0 Å². The minimum atomic E-state index is -0.289. The summed E-state index contributed by atoms with van der Waals surface area (Å²) in [6, 6.07) is 13.2. The van der Waals surface area contributed by atoms with E-state index in [2.05, 4.69) is 28.8 Å². The number of hydrogen-bond donors (Lipinski definition) is 2. The van der Waals surface area contributed by atoms with Gasteiger partial charge in [0.15, 0.2) is 5.69 Å². The SMILES string of the molecule is COc1cccc(C(CNCc2cc(C)c(OC)cc2C)NC(=O)c2cc(C)on2)c1. The fourth-order valence-electron chi connectivity index (χ4n) is 3.43. The minimum Gasteiger partial charge on any atom is -0.497 e. The minimum absolute atomic E-state index is 0.256. The Morgan fingerprint density at radius 1 is 1.06 bits per heavy atom. The fraction of sp³-hybridized carbons (Fsp3) is 0.333. The van der Waals surface area contributed by atoms with Crippen molar-refractivity contribution in [1.29, 1.82) is 0 Å². The number of rotatable bonds is 9. The van der Waals surface area contributed by atoms with Gasteiger partial charge in [-0.15, -0.1) is 0 Å². The summed E-state index contributed by atoms with van der Waals surface area (Å²) in [7, 11) is 3.30. The maximum Gasteiger partial charge on any atom is 0.274 e. The number of amides is 1. The van der Waals surface area contributed by atoms with Crippen molar-refractivity contribution in [3.63, 3.8) is 0 Å². The summed E-state index contributed by atoms with van der Waals surface area (Å²) >= 11 is 0. The topological polar surface area (TPSA) is 85.6 Å². The van der Waals surface area contributed by atoms with Crippen LogP contribution in [0.3, 0.4) is 0 Å². The number of carbonyl (C=O) groups is 1. The summed E-state index contributed by atoms with van der Waals surface area (Å²) in [6.45, 7) is 7.04. The molecule has 0 bridgehead atoms. The molecule has 2 N–H and O–H groups in total. The maximum atomic E-state index is 12.7. The zero-order valence-electron chi connectivity index (χ0n) is 18.6. The smallest absolute Gasteiger partial charge is 0.274 e. The van der Waals surface area contributed by atoms with Gasteiger partial charge in [0.2, 0.25) is 0 Å². The fourth-order valence-corrected chi connectivity index (χ4v) is 3.43. The average molecular weight is 424 g/mol. The molecule has 164 valence electrons. The Kier molecular flexibility index (Phi) is 7.31. The molecule has 31 heavy (non-hydrogen) atoms. The molecule has 1 unspecified atom stereocenters. The molecule has 0 saturated carbocycles. The summed E-state index contributed by atoms with van der Waals surface area (Å²) in [4.78, 5) is 12.7. The van der Waals surface area contributed by atoms with Gasteiger partial charge in [0.25, 0.3) is 5.91 Å². The highest BCUT2D eigenvalue weighted by molar-refractivity contribution is 5.92. The van der Waals surface area contributed by atoms with Crippen molar-refractivity contribution in [1.82, 2.24) is 15.8 Å². The first-order chi connectivity index (χ1) is 14.9. The van der Waals surface area contributed by atoms with Gasteiger partial charge in [-0.2, -0.15) is 0 Å². The molecule has 0 saturated heterocycles. The summed E-state index contributed by atoms with van der Waals surface area (Å²) in [5.74, 6) is 1.91. The summed E-state index contributed by atoms with van der Waals surface area (Å²) in [5, 5.41) is 10.3. The van der Waals surface area contributed by atoms with Crippen LogP contribution in [0.25, 0.3) is 0 Å². The molecule has 2 aromatic carbocycles. The number of carbonyl (C=O) groups excluding carboxylic acids is 1. The van der Waals surface area contributed by atoms with Crippen molar-refractivity contribution in [2.45, 2.75) is 33.4 Å². The van der Waals surface area contributed by atoms with Crippen molar-refractivity contribution in [2.24, 2.45) is 0 Å². The second-order valence-corrected chi connectivity index (χ2v) is 7.50. The highest BCUT2D eigenvalue weighted by Crippen LogP contribution is 2.23. The van der Waals surface area contributed by atoms with E-state index in [-0.39, 0.29) is 17.6 Å². The van der Waals surface area contributed by atoms with Crippen LogP contribution in [0.1, 0.15) is 44.5 Å². The van der Waals surface area contributed by atoms with E-state index in [1.54, 1.807) is 27.2 Å². The molecule has 0 radical (unpaired) electrons. The van der Waals surface area contributed by atoms with Crippen molar-refractivity contribution >= 4 is 5.91 Å². The van der Waals surface area contributed by atoms with E-state index < -0.39 is 0 Å². The van der Waals surface area contributed by atoms with Gasteiger partial charge < -0.3 is 24.6 Å². The Labute approximate surface area is 182 Å². The third-order valence-corrected chi connectivity index (χ3v) is 5.18. The van der Waals surface area contributed by atoms with Crippen LogP contribution in [-0.2, 0) is 6.54 Å². The van der Waals surface area contributed by atoms with Crippen LogP contribution in [0.2, 0.25) is 0 Å². The molecule has 3 rings (SSSR count). The molecule has 1 atom stereocenters. The zero-order valence-corrected chi connectivity index (χ0v) is 18.6. The van der Waals surface area contributed by atoms with Crippen molar-refractivity contribution in [3.8, 4) is 11.5 Å². The molecule has 0 aliphatic carbocycles. The summed E-state index contributed by atoms with van der Waals surface area (Å²) < 4.78 is 15.8. The number of nitrogens with one attached hydrogen (secondary N) is 2. The summed E-state index contributed by atoms with van der Waals surface area (Å²) in [5.41, 5.74) is 4.61. The van der Waals surface area contributed by atoms with Gasteiger partial charge in [-0.3, -0.25) is 4.79 Å². The van der Waals surface area contributed by atoms with Crippen LogP contribution < -0.4 is 20.1 Å². The Hall–Kier alpha value is -3.32. The van der Waals surface area contributed by atoms with Crippen LogP contribution in [0.5, 0.6) is 11.5 Å². The number of hydrogen-bond acceptors (Lipinski definition) is 6. The number of aryl methyl sites for hydroxylation is 3. The molecular formula is C24H29N3O4. The second kappa shape index (κ2) is 10.1. The van der Waals surface area contributed by atoms with Gasteiger partial charge in [-0.05, 0) is 61.2 Å². The lowest BCUT2D eigenvalue weighted by Crippen LogP contribution is -2.35. The van der Waals surface area contributed by atoms with E-state index in [9.17, 15) is 4.79 Å². The van der Waals surface area contributed by atoms with E-state index in [4.69, 9.17) is 14.0 Å². The second-order valence-electron chi connectivity index (χ2n) is 7.50. The molecule has 0 aliphatic heterocycles. The van der Waals surface area contributed by atoms with Gasteiger partial charge in [-0.1, -0.05) is 23.4 Å². The van der Waals surface area contributed by atoms with Gasteiger partial charge in [0, 0.05) is 19.2 Å². The number of aromatic nitrogens is 1. The lowest BCUT2D eigenvalue weighted by Gasteiger charge is -2.20. The third kappa shape index (κ3) is 5.64. The van der Waals surface area contributed by atoms with Crippen LogP contribution >= 0.6 is 0 Å². The first-order valence-corrected chi connectivity index (χ1v) is 10.1. The molecule has 1 aromatic heterocycles. The quantitative estimate of drug-likeness (QED) is 0.543. The molecular weight excluding hydrogens is 394 g/mol. The van der Waals surface area contributed by atoms with E-state index in [0.717, 1.165) is 28.2 Å². The molecule has 1 heterocycles. The van der Waals surface area contributed by atoms with Crippen molar-refractivity contribution in [2.75, 3.05) is 20.8 Å². The average Bonchev–Trinajstić information content (AvgIpc) is 3.21. The van der Waals surface area contributed by atoms with Crippen molar-refractivity contribution in [3.05, 3.63) is 76.2 Å². The molecule has 1 amide bonds. The summed E-state index contributed by atoms with van der Waals surface area (Å²) in [6.07, 6.45) is 0. The number of ether oxygens (including phenoxy) is 2. The van der Waals surface area contributed by atoms with Gasteiger partial charge in [0.05, 0.1) is 20.3 Å². The first-order valence-electron chi connectivity index (χ1n) is 10.1. The Balaban J connectivity index is 1.75. The molecule has 0 fully saturated rings. The molecule has 0 spiro atoms.